The van der Waals surface area contributed by atoms with E-state index in [1.165, 1.54) is 0 Å². The van der Waals surface area contributed by atoms with Gasteiger partial charge in [-0.05, 0) is 32.9 Å². The maximum Gasteiger partial charge on any atom is 0.375 e. The zero-order chi connectivity index (χ0) is 16.8. The number of carbonyl (C=O) groups excluding carboxylic acids is 1. The number of anilines is 1. The molecule has 0 unspecified atom stereocenters. The molecule has 0 radical (unpaired) electrons. The minimum absolute atomic E-state index is 0.0127. The first-order chi connectivity index (χ1) is 11.0. The van der Waals surface area contributed by atoms with Crippen LogP contribution in [0.2, 0.25) is 5.02 Å². The highest BCUT2D eigenvalue weighted by molar-refractivity contribution is 6.35. The van der Waals surface area contributed by atoms with Crippen LogP contribution in [0.4, 0.5) is 5.69 Å². The van der Waals surface area contributed by atoms with E-state index in [1.807, 2.05) is 30.9 Å². The molecule has 2 atom stereocenters. The quantitative estimate of drug-likeness (QED) is 0.397. The molecule has 1 aromatic carbocycles. The second kappa shape index (κ2) is 8.17. The molecule has 126 valence electrons. The SMILES string of the molecule is CCOC(=O)/C(=N/Nc1ccccc1Cl)N1C[C@@H](C)O[C@@H](C)C1. The summed E-state index contributed by atoms with van der Waals surface area (Å²) in [6, 6.07) is 7.21. The fourth-order valence-electron chi connectivity index (χ4n) is 2.46. The van der Waals surface area contributed by atoms with Crippen molar-refractivity contribution in [2.24, 2.45) is 5.10 Å². The fraction of sp³-hybridized carbons (Fsp3) is 0.500. The van der Waals surface area contributed by atoms with E-state index in [0.29, 0.717) is 30.4 Å². The van der Waals surface area contributed by atoms with Gasteiger partial charge in [0.2, 0.25) is 5.84 Å². The molecule has 1 saturated heterocycles. The Bertz CT molecular complexity index is 569. The summed E-state index contributed by atoms with van der Waals surface area (Å²) in [6.45, 7) is 7.14. The van der Waals surface area contributed by atoms with Crippen LogP contribution in [-0.2, 0) is 14.3 Å². The van der Waals surface area contributed by atoms with Crippen molar-refractivity contribution in [3.8, 4) is 0 Å². The molecule has 7 heteroatoms. The number of hydrogen-bond donors (Lipinski definition) is 1. The number of morpholine rings is 1. The van der Waals surface area contributed by atoms with Crippen LogP contribution in [0.1, 0.15) is 20.8 Å². The molecule has 1 heterocycles. The third-order valence-electron chi connectivity index (χ3n) is 3.33. The molecule has 0 spiro atoms. The van der Waals surface area contributed by atoms with Gasteiger partial charge in [-0.25, -0.2) is 4.79 Å². The number of carbonyl (C=O) groups is 1. The second-order valence-corrected chi connectivity index (χ2v) is 5.82. The number of rotatable bonds is 3. The largest absolute Gasteiger partial charge is 0.460 e. The van der Waals surface area contributed by atoms with Gasteiger partial charge in [-0.15, -0.1) is 5.10 Å². The Labute approximate surface area is 141 Å². The lowest BCUT2D eigenvalue weighted by atomic mass is 10.2. The van der Waals surface area contributed by atoms with E-state index in [-0.39, 0.29) is 18.0 Å². The van der Waals surface area contributed by atoms with Crippen LogP contribution in [0.25, 0.3) is 0 Å². The predicted octanol–water partition coefficient (Wildman–Crippen LogP) is 2.74. The predicted molar refractivity (Wildman–Crippen MR) is 90.7 cm³/mol. The van der Waals surface area contributed by atoms with Gasteiger partial charge in [-0.2, -0.15) is 0 Å². The van der Waals surface area contributed by atoms with Crippen molar-refractivity contribution >= 4 is 29.1 Å². The molecule has 2 rings (SSSR count). The number of ether oxygens (including phenoxy) is 2. The van der Waals surface area contributed by atoms with Crippen LogP contribution in [0.3, 0.4) is 0 Å². The van der Waals surface area contributed by atoms with E-state index in [0.717, 1.165) is 0 Å². The Kier molecular flexibility index (Phi) is 6.24. The first kappa shape index (κ1) is 17.6. The Balaban J connectivity index is 2.21. The zero-order valence-electron chi connectivity index (χ0n) is 13.6. The van der Waals surface area contributed by atoms with E-state index >= 15 is 0 Å². The Hall–Kier alpha value is -1.79. The van der Waals surface area contributed by atoms with Gasteiger partial charge in [-0.3, -0.25) is 5.43 Å². The molecule has 1 fully saturated rings. The van der Waals surface area contributed by atoms with Crippen LogP contribution in [0.15, 0.2) is 29.4 Å². The Morgan fingerprint density at radius 2 is 2.04 bits per heavy atom. The number of nitrogens with one attached hydrogen (secondary N) is 1. The van der Waals surface area contributed by atoms with Gasteiger partial charge in [0.1, 0.15) is 0 Å². The molecule has 0 saturated carbocycles. The minimum atomic E-state index is -0.464. The molecule has 0 aromatic heterocycles. The second-order valence-electron chi connectivity index (χ2n) is 5.41. The van der Waals surface area contributed by atoms with E-state index < -0.39 is 5.97 Å². The topological polar surface area (TPSA) is 63.2 Å². The number of nitrogens with zero attached hydrogens (tertiary/aromatic N) is 2. The van der Waals surface area contributed by atoms with Gasteiger partial charge in [0.25, 0.3) is 0 Å². The summed E-state index contributed by atoms with van der Waals surface area (Å²) in [5.74, 6) is -0.234. The van der Waals surface area contributed by atoms with Crippen molar-refractivity contribution in [1.29, 1.82) is 0 Å². The number of hydrazone groups is 1. The third kappa shape index (κ3) is 4.84. The molecule has 1 N–H and O–H groups in total. The summed E-state index contributed by atoms with van der Waals surface area (Å²) in [5.41, 5.74) is 3.48. The molecule has 0 bridgehead atoms. The molecular formula is C16H22ClN3O3. The van der Waals surface area contributed by atoms with Crippen LogP contribution < -0.4 is 5.43 Å². The molecule has 6 nitrogen and oxygen atoms in total. The molecule has 0 amide bonds. The summed E-state index contributed by atoms with van der Waals surface area (Å²) < 4.78 is 10.8. The van der Waals surface area contributed by atoms with Gasteiger partial charge in [-0.1, -0.05) is 23.7 Å². The highest BCUT2D eigenvalue weighted by Gasteiger charge is 2.29. The smallest absolute Gasteiger partial charge is 0.375 e. The number of halogens is 1. The number of amidine groups is 1. The van der Waals surface area contributed by atoms with Crippen LogP contribution in [0, 0.1) is 0 Å². The third-order valence-corrected chi connectivity index (χ3v) is 3.66. The number of para-hydroxylation sites is 1. The van der Waals surface area contributed by atoms with Crippen molar-refractivity contribution in [3.63, 3.8) is 0 Å². The lowest BCUT2D eigenvalue weighted by Crippen LogP contribution is -2.51. The van der Waals surface area contributed by atoms with E-state index in [1.54, 1.807) is 19.1 Å². The van der Waals surface area contributed by atoms with Crippen molar-refractivity contribution in [2.45, 2.75) is 33.0 Å². The summed E-state index contributed by atoms with van der Waals surface area (Å²) in [5, 5.41) is 4.77. The van der Waals surface area contributed by atoms with E-state index in [9.17, 15) is 4.79 Å². The highest BCUT2D eigenvalue weighted by Crippen LogP contribution is 2.20. The summed E-state index contributed by atoms with van der Waals surface area (Å²) >= 11 is 6.10. The zero-order valence-corrected chi connectivity index (χ0v) is 14.3. The van der Waals surface area contributed by atoms with Crippen molar-refractivity contribution in [3.05, 3.63) is 29.3 Å². The average molecular weight is 340 g/mol. The Morgan fingerprint density at radius 3 is 2.65 bits per heavy atom. The lowest BCUT2D eigenvalue weighted by molar-refractivity contribution is -0.136. The maximum atomic E-state index is 12.3. The number of hydrogen-bond acceptors (Lipinski definition) is 5. The van der Waals surface area contributed by atoms with Gasteiger partial charge in [0, 0.05) is 13.1 Å². The van der Waals surface area contributed by atoms with Crippen molar-refractivity contribution in [1.82, 2.24) is 4.90 Å². The van der Waals surface area contributed by atoms with Crippen LogP contribution in [-0.4, -0.2) is 48.6 Å². The molecule has 1 aliphatic rings. The molecule has 1 aliphatic heterocycles. The van der Waals surface area contributed by atoms with Crippen molar-refractivity contribution < 1.29 is 14.3 Å². The fourth-order valence-corrected chi connectivity index (χ4v) is 2.63. The van der Waals surface area contributed by atoms with Gasteiger partial charge in [0.15, 0.2) is 0 Å². The monoisotopic (exact) mass is 339 g/mol. The van der Waals surface area contributed by atoms with Gasteiger partial charge < -0.3 is 14.4 Å². The van der Waals surface area contributed by atoms with Gasteiger partial charge >= 0.3 is 5.97 Å². The summed E-state index contributed by atoms with van der Waals surface area (Å²) in [7, 11) is 0. The minimum Gasteiger partial charge on any atom is -0.460 e. The van der Waals surface area contributed by atoms with Crippen molar-refractivity contribution in [2.75, 3.05) is 25.1 Å². The highest BCUT2D eigenvalue weighted by atomic mass is 35.5. The summed E-state index contributed by atoms with van der Waals surface area (Å²) in [6.07, 6.45) is 0.0254. The Morgan fingerprint density at radius 1 is 1.39 bits per heavy atom. The molecule has 1 aromatic rings. The first-order valence-corrected chi connectivity index (χ1v) is 8.04. The van der Waals surface area contributed by atoms with E-state index in [2.05, 4.69) is 10.5 Å². The molecular weight excluding hydrogens is 318 g/mol. The van der Waals surface area contributed by atoms with E-state index in [4.69, 9.17) is 21.1 Å². The molecule has 0 aliphatic carbocycles. The lowest BCUT2D eigenvalue weighted by Gasteiger charge is -2.36. The number of esters is 1. The number of benzene rings is 1. The summed E-state index contributed by atoms with van der Waals surface area (Å²) in [4.78, 5) is 14.1. The van der Waals surface area contributed by atoms with Gasteiger partial charge in [0.05, 0.1) is 29.5 Å². The van der Waals surface area contributed by atoms with Crippen LogP contribution >= 0.6 is 11.6 Å². The average Bonchev–Trinajstić information content (AvgIpc) is 2.48. The standard InChI is InChI=1S/C16H22ClN3O3/c1-4-22-16(21)15(20-9-11(2)23-12(3)10-20)19-18-14-8-6-5-7-13(14)17/h5-8,11-12,18H,4,9-10H2,1-3H3/b19-15-/t11-,12+. The first-order valence-electron chi connectivity index (χ1n) is 7.67. The normalized spacial score (nSPS) is 21.9. The maximum absolute atomic E-state index is 12.3. The van der Waals surface area contributed by atoms with Crippen LogP contribution in [0.5, 0.6) is 0 Å². The molecule has 23 heavy (non-hydrogen) atoms.